The van der Waals surface area contributed by atoms with Crippen LogP contribution in [0.4, 0.5) is 5.82 Å². The Morgan fingerprint density at radius 2 is 2.15 bits per heavy atom. The number of hydrogen-bond donors (Lipinski definition) is 3. The van der Waals surface area contributed by atoms with Crippen molar-refractivity contribution in [3.63, 3.8) is 0 Å². The maximum atomic E-state index is 9.54. The molecule has 7 nitrogen and oxygen atoms in total. The third-order valence-corrected chi connectivity index (χ3v) is 5.11. The second-order valence-electron chi connectivity index (χ2n) is 6.77. The summed E-state index contributed by atoms with van der Waals surface area (Å²) in [5, 5.41) is 18.6. The molecule has 2 aromatic rings. The zero-order valence-corrected chi connectivity index (χ0v) is 16.2. The minimum Gasteiger partial charge on any atom is -0.367 e. The van der Waals surface area contributed by atoms with Crippen LogP contribution in [0.5, 0.6) is 0 Å². The Labute approximate surface area is 164 Å². The van der Waals surface area contributed by atoms with Gasteiger partial charge < -0.3 is 10.6 Å². The topological polar surface area (TPSA) is 85.7 Å². The molecule has 0 amide bonds. The van der Waals surface area contributed by atoms with Crippen LogP contribution in [0.25, 0.3) is 10.9 Å². The standard InChI is InChI=1S/C19H25ClN6O/c1-3-21-19(26(2)27)23-12-13-4-7-15(8-5-13)24-16-9-6-14-10-11-22-18(20)17(14)25-16/h3,6,9-11,13,15,27H,1,4-5,7-8,12H2,2H3,(H,21,23)(H,24,25)/t13-,15-. The van der Waals surface area contributed by atoms with E-state index in [0.717, 1.165) is 54.0 Å². The average molecular weight is 389 g/mol. The summed E-state index contributed by atoms with van der Waals surface area (Å²) in [5.41, 5.74) is 0.726. The van der Waals surface area contributed by atoms with E-state index in [4.69, 9.17) is 11.6 Å². The van der Waals surface area contributed by atoms with Gasteiger partial charge in [-0.1, -0.05) is 18.2 Å². The number of guanidine groups is 1. The highest BCUT2D eigenvalue weighted by Crippen LogP contribution is 2.27. The number of aliphatic imine (C=N–C) groups is 1. The zero-order valence-electron chi connectivity index (χ0n) is 15.4. The summed E-state index contributed by atoms with van der Waals surface area (Å²) >= 11 is 6.15. The molecular formula is C19H25ClN6O. The minimum absolute atomic E-state index is 0.392. The largest absolute Gasteiger partial charge is 0.367 e. The van der Waals surface area contributed by atoms with Crippen LogP contribution in [0.15, 0.2) is 42.2 Å². The summed E-state index contributed by atoms with van der Waals surface area (Å²) < 4.78 is 0. The lowest BCUT2D eigenvalue weighted by Crippen LogP contribution is -2.40. The number of rotatable bonds is 5. The highest BCUT2D eigenvalue weighted by atomic mass is 35.5. The molecule has 1 aliphatic rings. The van der Waals surface area contributed by atoms with Crippen molar-refractivity contribution in [3.8, 4) is 0 Å². The van der Waals surface area contributed by atoms with Gasteiger partial charge in [0.25, 0.3) is 0 Å². The molecule has 0 saturated heterocycles. The fraction of sp³-hybridized carbons (Fsp3) is 0.421. The Balaban J connectivity index is 1.52. The molecular weight excluding hydrogens is 364 g/mol. The van der Waals surface area contributed by atoms with E-state index < -0.39 is 0 Å². The molecule has 0 atom stereocenters. The van der Waals surface area contributed by atoms with Gasteiger partial charge in [-0.3, -0.25) is 5.21 Å². The molecule has 0 aromatic carbocycles. The molecule has 3 rings (SSSR count). The molecule has 0 unspecified atom stereocenters. The summed E-state index contributed by atoms with van der Waals surface area (Å²) in [7, 11) is 1.54. The fourth-order valence-electron chi connectivity index (χ4n) is 3.38. The first-order chi connectivity index (χ1) is 13.1. The molecule has 1 aliphatic carbocycles. The van der Waals surface area contributed by atoms with Crippen LogP contribution in [-0.4, -0.2) is 45.8 Å². The van der Waals surface area contributed by atoms with Crippen molar-refractivity contribution < 1.29 is 5.21 Å². The van der Waals surface area contributed by atoms with Gasteiger partial charge in [-0.15, -0.1) is 0 Å². The Morgan fingerprint density at radius 1 is 1.37 bits per heavy atom. The normalized spacial score (nSPS) is 20.3. The van der Waals surface area contributed by atoms with Crippen LogP contribution in [-0.2, 0) is 0 Å². The van der Waals surface area contributed by atoms with Crippen molar-refractivity contribution in [2.75, 3.05) is 18.9 Å². The van der Waals surface area contributed by atoms with Crippen molar-refractivity contribution in [1.82, 2.24) is 20.3 Å². The smallest absolute Gasteiger partial charge is 0.222 e. The van der Waals surface area contributed by atoms with Gasteiger partial charge in [0.2, 0.25) is 5.96 Å². The van der Waals surface area contributed by atoms with Crippen LogP contribution in [0.2, 0.25) is 5.15 Å². The average Bonchev–Trinajstić information content (AvgIpc) is 2.67. The van der Waals surface area contributed by atoms with Crippen LogP contribution in [0, 0.1) is 5.92 Å². The molecule has 0 aliphatic heterocycles. The van der Waals surface area contributed by atoms with Crippen LogP contribution in [0.3, 0.4) is 0 Å². The summed E-state index contributed by atoms with van der Waals surface area (Å²) in [6.45, 7) is 4.34. The Bertz CT molecular complexity index is 817. The van der Waals surface area contributed by atoms with E-state index in [2.05, 4.69) is 32.2 Å². The number of pyridine rings is 2. The number of hydroxylamine groups is 2. The van der Waals surface area contributed by atoms with Crippen molar-refractivity contribution in [2.45, 2.75) is 31.7 Å². The molecule has 8 heteroatoms. The predicted octanol–water partition coefficient (Wildman–Crippen LogP) is 3.66. The van der Waals surface area contributed by atoms with Gasteiger partial charge in [0.1, 0.15) is 11.3 Å². The molecule has 3 N–H and O–H groups in total. The molecule has 1 saturated carbocycles. The monoisotopic (exact) mass is 388 g/mol. The summed E-state index contributed by atoms with van der Waals surface area (Å²) in [6.07, 6.45) is 7.42. The van der Waals surface area contributed by atoms with Gasteiger partial charge in [0, 0.05) is 37.4 Å². The quantitative estimate of drug-likeness (QED) is 0.313. The van der Waals surface area contributed by atoms with Gasteiger partial charge in [-0.2, -0.15) is 0 Å². The molecule has 2 heterocycles. The lowest BCUT2D eigenvalue weighted by molar-refractivity contribution is 0.00884. The van der Waals surface area contributed by atoms with Gasteiger partial charge in [0.05, 0.1) is 0 Å². The lowest BCUT2D eigenvalue weighted by atomic mass is 9.86. The van der Waals surface area contributed by atoms with Gasteiger partial charge >= 0.3 is 0 Å². The molecule has 1 fully saturated rings. The van der Waals surface area contributed by atoms with Crippen LogP contribution in [0.1, 0.15) is 25.7 Å². The van der Waals surface area contributed by atoms with E-state index in [1.807, 2.05) is 18.2 Å². The number of nitrogens with one attached hydrogen (secondary N) is 2. The first-order valence-electron chi connectivity index (χ1n) is 9.10. The van der Waals surface area contributed by atoms with E-state index in [-0.39, 0.29) is 0 Å². The van der Waals surface area contributed by atoms with Crippen LogP contribution < -0.4 is 10.6 Å². The summed E-state index contributed by atoms with van der Waals surface area (Å²) in [5.74, 6) is 1.79. The number of fused-ring (bicyclic) bond motifs is 1. The number of aromatic nitrogens is 2. The van der Waals surface area contributed by atoms with Crippen molar-refractivity contribution in [3.05, 3.63) is 42.3 Å². The van der Waals surface area contributed by atoms with Gasteiger partial charge in [-0.05, 0) is 49.8 Å². The highest BCUT2D eigenvalue weighted by Gasteiger charge is 2.22. The second kappa shape index (κ2) is 9.01. The van der Waals surface area contributed by atoms with E-state index in [0.29, 0.717) is 23.1 Å². The first kappa shape index (κ1) is 19.4. The van der Waals surface area contributed by atoms with Crippen molar-refractivity contribution >= 4 is 34.3 Å². The van der Waals surface area contributed by atoms with Crippen LogP contribution >= 0.6 is 11.6 Å². The Morgan fingerprint density at radius 3 is 2.85 bits per heavy atom. The van der Waals surface area contributed by atoms with Gasteiger partial charge in [0.15, 0.2) is 5.15 Å². The molecule has 0 bridgehead atoms. The minimum atomic E-state index is 0.392. The lowest BCUT2D eigenvalue weighted by Gasteiger charge is -2.30. The first-order valence-corrected chi connectivity index (χ1v) is 9.47. The second-order valence-corrected chi connectivity index (χ2v) is 7.13. The zero-order chi connectivity index (χ0) is 19.2. The maximum absolute atomic E-state index is 9.54. The predicted molar refractivity (Wildman–Crippen MR) is 109 cm³/mol. The van der Waals surface area contributed by atoms with Crippen molar-refractivity contribution in [2.24, 2.45) is 10.9 Å². The highest BCUT2D eigenvalue weighted by molar-refractivity contribution is 6.33. The summed E-state index contributed by atoms with van der Waals surface area (Å²) in [4.78, 5) is 12.7. The third kappa shape index (κ3) is 5.08. The fourth-order valence-corrected chi connectivity index (χ4v) is 3.59. The number of halogens is 1. The number of nitrogens with zero attached hydrogens (tertiary/aromatic N) is 4. The SMILES string of the molecule is C=C/N=C(/NC[C@H]1CC[C@H](Nc2ccc3ccnc(Cl)c3n2)CC1)N(C)O. The third-order valence-electron chi connectivity index (χ3n) is 4.83. The Kier molecular flexibility index (Phi) is 6.47. The Hall–Kier alpha value is -2.38. The number of anilines is 1. The number of hydrogen-bond acceptors (Lipinski definition) is 5. The molecule has 0 spiro atoms. The van der Waals surface area contributed by atoms with E-state index in [1.165, 1.54) is 13.2 Å². The molecule has 0 radical (unpaired) electrons. The molecule has 2 aromatic heterocycles. The maximum Gasteiger partial charge on any atom is 0.222 e. The molecule has 144 valence electrons. The van der Waals surface area contributed by atoms with E-state index in [1.54, 1.807) is 6.20 Å². The van der Waals surface area contributed by atoms with E-state index >= 15 is 0 Å². The van der Waals surface area contributed by atoms with Gasteiger partial charge in [-0.25, -0.2) is 20.0 Å². The summed E-state index contributed by atoms with van der Waals surface area (Å²) in [6, 6.07) is 6.30. The van der Waals surface area contributed by atoms with Crippen molar-refractivity contribution in [1.29, 1.82) is 0 Å². The molecule has 27 heavy (non-hydrogen) atoms. The van der Waals surface area contributed by atoms with E-state index in [9.17, 15) is 5.21 Å².